The van der Waals surface area contributed by atoms with Crippen molar-refractivity contribution in [2.75, 3.05) is 13.2 Å². The summed E-state index contributed by atoms with van der Waals surface area (Å²) in [6, 6.07) is 0. The van der Waals surface area contributed by atoms with Crippen molar-refractivity contribution in [2.24, 2.45) is 23.2 Å². The molecule has 9 heteroatoms. The van der Waals surface area contributed by atoms with Gasteiger partial charge in [0, 0.05) is 12.6 Å². The monoisotopic (exact) mass is 483 g/mol. The van der Waals surface area contributed by atoms with Crippen molar-refractivity contribution in [3.63, 3.8) is 0 Å². The van der Waals surface area contributed by atoms with Crippen LogP contribution in [0.15, 0.2) is 15.8 Å². The summed E-state index contributed by atoms with van der Waals surface area (Å²) in [6.45, 7) is 2.29. The van der Waals surface area contributed by atoms with Gasteiger partial charge in [-0.3, -0.25) is 19.1 Å². The van der Waals surface area contributed by atoms with Crippen LogP contribution in [0.3, 0.4) is 0 Å². The maximum atomic E-state index is 12.7. The zero-order chi connectivity index (χ0) is 24.4. The van der Waals surface area contributed by atoms with Crippen LogP contribution in [-0.2, 0) is 14.3 Å². The van der Waals surface area contributed by atoms with Crippen LogP contribution in [0.25, 0.3) is 0 Å². The van der Waals surface area contributed by atoms with Crippen LogP contribution in [0.1, 0.15) is 70.1 Å². The first-order chi connectivity index (χ1) is 16.8. The lowest BCUT2D eigenvalue weighted by Crippen LogP contribution is -2.48. The summed E-state index contributed by atoms with van der Waals surface area (Å²) in [4.78, 5) is 39.7. The van der Waals surface area contributed by atoms with E-state index in [0.717, 1.165) is 17.8 Å². The highest BCUT2D eigenvalue weighted by atomic mass is 16.6. The number of nitrogens with zero attached hydrogens (tertiary/aromatic N) is 1. The molecular formula is C26H33N3O6. The lowest BCUT2D eigenvalue weighted by Gasteiger charge is -2.56. The Morgan fingerprint density at radius 3 is 2.54 bits per heavy atom. The molecule has 4 atom stereocenters. The molecule has 1 aromatic heterocycles. The largest absolute Gasteiger partial charge is 0.387 e. The second-order valence-corrected chi connectivity index (χ2v) is 11.5. The third-order valence-corrected chi connectivity index (χ3v) is 9.14. The van der Waals surface area contributed by atoms with Crippen molar-refractivity contribution < 1.29 is 19.4 Å². The first-order valence-corrected chi connectivity index (χ1v) is 12.9. The number of ether oxygens (including phenoxy) is 2. The summed E-state index contributed by atoms with van der Waals surface area (Å²) < 4.78 is 12.9. The van der Waals surface area contributed by atoms with Gasteiger partial charge in [0.1, 0.15) is 23.4 Å². The molecule has 1 unspecified atom stereocenters. The molecule has 7 rings (SSSR count). The standard InChI is InChI=1S/C26H33N3O6/c1-2-26-14-34-20(21(26)31)23(35-26)29-13-18(22(32)28-24(29)33)4-3-5-27-19(30)12-25-9-15-6-16(10-25)8-17(7-15)11-25/h13,15-17,20-21,23,31H,2,5-12,14H2,1H3,(H,27,30)(H,28,32,33)/t15?,16?,17?,20?,21-,23-,25?,26+/m1/s1. The second-order valence-electron chi connectivity index (χ2n) is 11.5. The fraction of sp³-hybridized carbons (Fsp3) is 0.731. The minimum absolute atomic E-state index is 0.0199. The van der Waals surface area contributed by atoms with E-state index >= 15 is 0 Å². The molecule has 6 fully saturated rings. The van der Waals surface area contributed by atoms with E-state index in [2.05, 4.69) is 22.1 Å². The number of rotatable bonds is 5. The van der Waals surface area contributed by atoms with Crippen LogP contribution < -0.4 is 16.6 Å². The molecule has 3 heterocycles. The molecule has 1 aromatic rings. The van der Waals surface area contributed by atoms with Gasteiger partial charge in [-0.2, -0.15) is 0 Å². The van der Waals surface area contributed by atoms with Crippen LogP contribution in [0.5, 0.6) is 0 Å². The number of nitrogens with one attached hydrogen (secondary N) is 2. The van der Waals surface area contributed by atoms with E-state index in [1.54, 1.807) is 0 Å². The smallest absolute Gasteiger partial charge is 0.330 e. The normalized spacial score (nSPS) is 40.5. The van der Waals surface area contributed by atoms with E-state index < -0.39 is 35.3 Å². The van der Waals surface area contributed by atoms with E-state index in [4.69, 9.17) is 9.47 Å². The molecule has 4 aliphatic carbocycles. The average molecular weight is 484 g/mol. The molecule has 0 spiro atoms. The molecule has 4 saturated carbocycles. The Bertz CT molecular complexity index is 1170. The van der Waals surface area contributed by atoms with Crippen LogP contribution >= 0.6 is 0 Å². The molecule has 2 aliphatic heterocycles. The van der Waals surface area contributed by atoms with Crippen molar-refractivity contribution >= 4 is 5.91 Å². The highest BCUT2D eigenvalue weighted by molar-refractivity contribution is 5.77. The van der Waals surface area contributed by atoms with Gasteiger partial charge in [-0.05, 0) is 68.1 Å². The number of aromatic amines is 1. The van der Waals surface area contributed by atoms with E-state index in [9.17, 15) is 19.5 Å². The summed E-state index contributed by atoms with van der Waals surface area (Å²) in [5.41, 5.74) is -1.84. The Balaban J connectivity index is 1.11. The lowest BCUT2D eigenvalue weighted by atomic mass is 9.49. The summed E-state index contributed by atoms with van der Waals surface area (Å²) in [5.74, 6) is 8.03. The average Bonchev–Trinajstić information content (AvgIpc) is 3.26. The molecule has 2 saturated heterocycles. The third-order valence-electron chi connectivity index (χ3n) is 9.14. The minimum atomic E-state index is -0.852. The number of carbonyl (C=O) groups excluding carboxylic acids is 1. The summed E-state index contributed by atoms with van der Waals surface area (Å²) >= 11 is 0. The van der Waals surface area contributed by atoms with Gasteiger partial charge in [0.05, 0.1) is 13.2 Å². The highest BCUT2D eigenvalue weighted by Crippen LogP contribution is 2.61. The van der Waals surface area contributed by atoms with Crippen molar-refractivity contribution in [3.8, 4) is 11.8 Å². The van der Waals surface area contributed by atoms with Gasteiger partial charge < -0.3 is 19.9 Å². The molecule has 6 aliphatic rings. The molecule has 9 nitrogen and oxygen atoms in total. The summed E-state index contributed by atoms with van der Waals surface area (Å²) in [6.07, 6.45) is 7.63. The second kappa shape index (κ2) is 8.32. The predicted octanol–water partition coefficient (Wildman–Crippen LogP) is 1.05. The Morgan fingerprint density at radius 1 is 1.23 bits per heavy atom. The number of aromatic nitrogens is 2. The predicted molar refractivity (Wildman–Crippen MR) is 125 cm³/mol. The number of hydrogen-bond donors (Lipinski definition) is 3. The molecule has 6 bridgehead atoms. The number of fused-ring (bicyclic) bond motifs is 2. The Hall–Kier alpha value is -2.41. The molecular weight excluding hydrogens is 450 g/mol. The van der Waals surface area contributed by atoms with E-state index in [0.29, 0.717) is 12.8 Å². The first-order valence-electron chi connectivity index (χ1n) is 12.9. The zero-order valence-electron chi connectivity index (χ0n) is 20.0. The SMILES string of the molecule is CC[C@@]12COC([C@H](n3cc(C#CCNC(=O)CC45CC6CC(CC(C6)C4)C5)c(=O)[nH]c3=O)O1)[C@H]2O. The van der Waals surface area contributed by atoms with E-state index in [1.807, 2.05) is 6.92 Å². The Kier molecular flexibility index (Phi) is 5.47. The Labute approximate surface area is 203 Å². The maximum absolute atomic E-state index is 12.7. The molecule has 188 valence electrons. The van der Waals surface area contributed by atoms with Gasteiger partial charge in [0.25, 0.3) is 5.56 Å². The zero-order valence-corrected chi connectivity index (χ0v) is 20.0. The van der Waals surface area contributed by atoms with Gasteiger partial charge >= 0.3 is 5.69 Å². The summed E-state index contributed by atoms with van der Waals surface area (Å²) in [5, 5.41) is 13.4. The molecule has 0 radical (unpaired) electrons. The van der Waals surface area contributed by atoms with Gasteiger partial charge in [0.2, 0.25) is 5.91 Å². The topological polar surface area (TPSA) is 123 Å². The van der Waals surface area contributed by atoms with Gasteiger partial charge in [-0.1, -0.05) is 18.8 Å². The number of H-pyrrole nitrogens is 1. The van der Waals surface area contributed by atoms with E-state index in [-0.39, 0.29) is 30.0 Å². The fourth-order valence-corrected chi connectivity index (χ4v) is 7.93. The maximum Gasteiger partial charge on any atom is 0.330 e. The van der Waals surface area contributed by atoms with Gasteiger partial charge in [0.15, 0.2) is 6.23 Å². The van der Waals surface area contributed by atoms with Crippen LogP contribution in [0, 0.1) is 35.0 Å². The number of aliphatic hydroxyl groups is 1. The number of hydrogen-bond acceptors (Lipinski definition) is 6. The first kappa shape index (κ1) is 23.0. The van der Waals surface area contributed by atoms with Gasteiger partial charge in [-0.15, -0.1) is 0 Å². The van der Waals surface area contributed by atoms with Crippen LogP contribution in [-0.4, -0.2) is 51.5 Å². The molecule has 35 heavy (non-hydrogen) atoms. The number of amides is 1. The molecule has 1 amide bonds. The lowest BCUT2D eigenvalue weighted by molar-refractivity contribution is -0.175. The Morgan fingerprint density at radius 2 is 1.91 bits per heavy atom. The number of carbonyl (C=O) groups is 1. The van der Waals surface area contributed by atoms with Crippen LogP contribution in [0.2, 0.25) is 0 Å². The molecule has 3 N–H and O–H groups in total. The minimum Gasteiger partial charge on any atom is -0.387 e. The third kappa shape index (κ3) is 3.87. The van der Waals surface area contributed by atoms with Crippen molar-refractivity contribution in [2.45, 2.75) is 82.3 Å². The number of aliphatic hydroxyl groups excluding tert-OH is 1. The van der Waals surface area contributed by atoms with Crippen molar-refractivity contribution in [3.05, 3.63) is 32.6 Å². The molecule has 0 aromatic carbocycles. The summed E-state index contributed by atoms with van der Waals surface area (Å²) in [7, 11) is 0. The van der Waals surface area contributed by atoms with E-state index in [1.165, 1.54) is 49.3 Å². The van der Waals surface area contributed by atoms with Crippen molar-refractivity contribution in [1.82, 2.24) is 14.9 Å². The fourth-order valence-electron chi connectivity index (χ4n) is 7.93. The highest BCUT2D eigenvalue weighted by Gasteiger charge is 2.61. The van der Waals surface area contributed by atoms with Gasteiger partial charge in [-0.25, -0.2) is 4.79 Å². The van der Waals surface area contributed by atoms with Crippen molar-refractivity contribution in [1.29, 1.82) is 0 Å². The van der Waals surface area contributed by atoms with Crippen LogP contribution in [0.4, 0.5) is 0 Å². The quantitative estimate of drug-likeness (QED) is 0.538.